The van der Waals surface area contributed by atoms with E-state index in [-0.39, 0.29) is 15.6 Å². The van der Waals surface area contributed by atoms with Gasteiger partial charge in [0.15, 0.2) is 0 Å². The normalized spacial score (nSPS) is 20.2. The molecule has 0 spiro atoms. The van der Waals surface area contributed by atoms with Crippen molar-refractivity contribution < 1.29 is 9.59 Å². The molecule has 2 saturated carbocycles. The van der Waals surface area contributed by atoms with Crippen LogP contribution in [-0.4, -0.2) is 10.2 Å². The lowest BCUT2D eigenvalue weighted by Crippen LogP contribution is -2.46. The van der Waals surface area contributed by atoms with Crippen molar-refractivity contribution >= 4 is 35.5 Å². The Balaban J connectivity index is 1.95. The maximum atomic E-state index is 12.9. The van der Waals surface area contributed by atoms with E-state index < -0.39 is 0 Å². The van der Waals surface area contributed by atoms with Crippen LogP contribution in [0.2, 0.25) is 0 Å². The summed E-state index contributed by atoms with van der Waals surface area (Å²) in [7, 11) is 0. The van der Waals surface area contributed by atoms with Crippen LogP contribution in [0.3, 0.4) is 0 Å². The van der Waals surface area contributed by atoms with E-state index in [1.807, 2.05) is 0 Å². The zero-order valence-electron chi connectivity index (χ0n) is 16.3. The fraction of sp³-hybridized carbons (Fsp3) is 0.909. The molecule has 4 heteroatoms. The Hall–Kier alpha value is -0.220. The monoisotopic (exact) mass is 396 g/mol. The molecule has 2 aliphatic carbocycles. The van der Waals surface area contributed by atoms with E-state index in [4.69, 9.17) is 12.6 Å². The Morgan fingerprint density at radius 3 is 1.62 bits per heavy atom. The summed E-state index contributed by atoms with van der Waals surface area (Å²) in [6.07, 6.45) is 19.5. The van der Waals surface area contributed by atoms with Crippen molar-refractivity contribution in [2.45, 2.75) is 109 Å². The Kier molecular flexibility index (Phi) is 9.83. The number of hydrogen-bond donors (Lipinski definition) is 0. The van der Waals surface area contributed by atoms with Gasteiger partial charge in [-0.25, -0.2) is 0 Å². The van der Waals surface area contributed by atoms with Gasteiger partial charge in [-0.15, -0.1) is 0 Å². The molecule has 2 aliphatic rings. The van der Waals surface area contributed by atoms with Crippen LogP contribution in [0.5, 0.6) is 0 Å². The Morgan fingerprint density at radius 1 is 0.692 bits per heavy atom. The molecule has 0 heterocycles. The molecule has 26 heavy (non-hydrogen) atoms. The van der Waals surface area contributed by atoms with Crippen molar-refractivity contribution in [1.82, 2.24) is 0 Å². The highest BCUT2D eigenvalue weighted by molar-refractivity contribution is 7.77. The first-order valence-electron chi connectivity index (χ1n) is 11.0. The van der Waals surface area contributed by atoms with E-state index in [0.29, 0.717) is 18.3 Å². The number of hydrogen-bond acceptors (Lipinski definition) is 4. The maximum Gasteiger partial charge on any atom is 0.0187 e. The first-order chi connectivity index (χ1) is 12.6. The third-order valence-corrected chi connectivity index (χ3v) is 7.60. The van der Waals surface area contributed by atoms with Gasteiger partial charge < -0.3 is 34.8 Å². The van der Waals surface area contributed by atoms with E-state index in [2.05, 4.69) is 12.6 Å². The van der Waals surface area contributed by atoms with Crippen LogP contribution in [0.4, 0.5) is 0 Å². The summed E-state index contributed by atoms with van der Waals surface area (Å²) in [5, 5.41) is -0.0386. The third-order valence-electron chi connectivity index (χ3n) is 7.02. The summed E-state index contributed by atoms with van der Waals surface area (Å²) in [5.74, 6) is 1.06. The molecule has 2 nitrogen and oxygen atoms in total. The molecule has 0 amide bonds. The van der Waals surface area contributed by atoms with Crippen molar-refractivity contribution in [3.63, 3.8) is 0 Å². The summed E-state index contributed by atoms with van der Waals surface area (Å²) >= 11 is 10.0. The fourth-order valence-electron chi connectivity index (χ4n) is 5.63. The zero-order valence-corrected chi connectivity index (χ0v) is 17.9. The highest BCUT2D eigenvalue weighted by Crippen LogP contribution is 2.52. The second-order valence-corrected chi connectivity index (χ2v) is 9.46. The molecule has 150 valence electrons. The Morgan fingerprint density at radius 2 is 1.15 bits per heavy atom. The van der Waals surface area contributed by atoms with Crippen LogP contribution < -0.4 is 0 Å². The largest absolute Gasteiger partial charge is 0.742 e. The van der Waals surface area contributed by atoms with Crippen LogP contribution in [0.1, 0.15) is 109 Å². The quantitative estimate of drug-likeness (QED) is 0.316. The van der Waals surface area contributed by atoms with Crippen molar-refractivity contribution in [2.24, 2.45) is 17.3 Å². The summed E-state index contributed by atoms with van der Waals surface area (Å²) < 4.78 is 0. The first-order valence-corrected chi connectivity index (χ1v) is 11.8. The lowest BCUT2D eigenvalue weighted by molar-refractivity contribution is -0.130. The van der Waals surface area contributed by atoms with Crippen LogP contribution >= 0.6 is 0 Å². The van der Waals surface area contributed by atoms with Gasteiger partial charge in [-0.05, 0) is 56.8 Å². The van der Waals surface area contributed by atoms with Gasteiger partial charge in [-0.3, -0.25) is 0 Å². The molecule has 0 unspecified atom stereocenters. The van der Waals surface area contributed by atoms with E-state index in [1.54, 1.807) is 0 Å². The predicted octanol–water partition coefficient (Wildman–Crippen LogP) is 6.01. The average molecular weight is 397 g/mol. The van der Waals surface area contributed by atoms with E-state index >= 15 is 0 Å². The molecule has 2 rings (SSSR count). The van der Waals surface area contributed by atoms with Gasteiger partial charge in [-0.2, -0.15) is 0 Å². The molecule has 0 saturated heterocycles. The van der Waals surface area contributed by atoms with Crippen molar-refractivity contribution in [3.8, 4) is 0 Å². The van der Waals surface area contributed by atoms with Crippen LogP contribution in [-0.2, 0) is 34.8 Å². The molecule has 0 N–H and O–H groups in total. The van der Waals surface area contributed by atoms with Gasteiger partial charge in [0.1, 0.15) is 0 Å². The zero-order chi connectivity index (χ0) is 18.8. The smallest absolute Gasteiger partial charge is 0.0187 e. The highest BCUT2D eigenvalue weighted by atomic mass is 32.1. The number of carbonyl (C=O) groups excluding carboxylic acids is 2. The van der Waals surface area contributed by atoms with Crippen molar-refractivity contribution in [1.29, 1.82) is 0 Å². The second kappa shape index (κ2) is 11.6. The average Bonchev–Trinajstić information content (AvgIpc) is 2.65. The topological polar surface area (TPSA) is 34.1 Å². The maximum absolute atomic E-state index is 12.9. The lowest BCUT2D eigenvalue weighted by atomic mass is 9.57. The lowest BCUT2D eigenvalue weighted by Gasteiger charge is -2.51. The molecule has 0 aromatic heterocycles. The highest BCUT2D eigenvalue weighted by Gasteiger charge is 2.45. The molecule has 2 fully saturated rings. The summed E-state index contributed by atoms with van der Waals surface area (Å²) in [4.78, 5) is 23.7. The van der Waals surface area contributed by atoms with Crippen LogP contribution in [0.15, 0.2) is 0 Å². The minimum atomic E-state index is -0.216. The molecule has 0 aromatic carbocycles. The Labute approximate surface area is 171 Å². The molecule has 0 radical (unpaired) electrons. The van der Waals surface area contributed by atoms with Gasteiger partial charge in [0.2, 0.25) is 0 Å². The third kappa shape index (κ3) is 6.15. The van der Waals surface area contributed by atoms with Gasteiger partial charge >= 0.3 is 0 Å². The molecular formula is C22H36O2S2-2. The number of rotatable bonds is 11. The van der Waals surface area contributed by atoms with E-state index in [9.17, 15) is 9.59 Å². The number of unbranched alkanes of at least 4 members (excludes halogenated alkanes) is 4. The predicted molar refractivity (Wildman–Crippen MR) is 113 cm³/mol. The van der Waals surface area contributed by atoms with Crippen molar-refractivity contribution in [3.05, 3.63) is 0 Å². The number of carbonyl (C=O) groups is 2. The minimum Gasteiger partial charge on any atom is -0.742 e. The summed E-state index contributed by atoms with van der Waals surface area (Å²) in [6.45, 7) is 0. The molecular weight excluding hydrogens is 360 g/mol. The van der Waals surface area contributed by atoms with Gasteiger partial charge in [0.05, 0.1) is 0 Å². The van der Waals surface area contributed by atoms with Crippen LogP contribution in [0, 0.1) is 17.3 Å². The van der Waals surface area contributed by atoms with Gasteiger partial charge in [0.25, 0.3) is 0 Å². The standard InChI is InChI=1S/C22H38O2S2/c23-20(25)16-10-2-1-3-11-17-22(21(24)26,18-12-6-4-7-13-18)19-14-8-5-9-15-19/h18-19H,1-17H2,(H,23,25)(H,24,26)/p-2. The molecule has 0 aliphatic heterocycles. The first kappa shape index (κ1) is 22.1. The molecule has 0 atom stereocenters. The second-order valence-electron chi connectivity index (χ2n) is 8.64. The van der Waals surface area contributed by atoms with E-state index in [0.717, 1.165) is 38.5 Å². The fourth-order valence-corrected chi connectivity index (χ4v) is 6.21. The molecule has 0 aromatic rings. The summed E-state index contributed by atoms with van der Waals surface area (Å²) in [5.41, 5.74) is -0.216. The SMILES string of the molecule is O=C([S-])CCCCCCCC(C(=O)[S-])(C1CCCCC1)C1CCCCC1. The Bertz CT molecular complexity index is 419. The molecule has 0 bridgehead atoms. The van der Waals surface area contributed by atoms with Gasteiger partial charge in [0, 0.05) is 15.6 Å². The summed E-state index contributed by atoms with van der Waals surface area (Å²) in [6, 6.07) is 0. The minimum absolute atomic E-state index is 0.0769. The van der Waals surface area contributed by atoms with Crippen molar-refractivity contribution in [2.75, 3.05) is 0 Å². The van der Waals surface area contributed by atoms with E-state index in [1.165, 1.54) is 64.2 Å². The van der Waals surface area contributed by atoms with Gasteiger partial charge in [-0.1, -0.05) is 64.2 Å². The van der Waals surface area contributed by atoms with Crippen LogP contribution in [0.25, 0.3) is 0 Å².